The van der Waals surface area contributed by atoms with Crippen molar-refractivity contribution in [1.29, 1.82) is 0 Å². The van der Waals surface area contributed by atoms with Crippen molar-refractivity contribution in [2.75, 3.05) is 19.7 Å². The van der Waals surface area contributed by atoms with E-state index >= 15 is 0 Å². The Bertz CT molecular complexity index is 1390. The zero-order chi connectivity index (χ0) is 29.5. The lowest BCUT2D eigenvalue weighted by molar-refractivity contribution is -0.157. The van der Waals surface area contributed by atoms with Gasteiger partial charge in [-0.3, -0.25) is 9.59 Å². The molecule has 2 amide bonds. The molecule has 0 bridgehead atoms. The number of aliphatic hydroxyl groups is 1. The van der Waals surface area contributed by atoms with Crippen LogP contribution in [0, 0.1) is 3.57 Å². The quantitative estimate of drug-likeness (QED) is 0.221. The van der Waals surface area contributed by atoms with Crippen LogP contribution in [0.4, 0.5) is 0 Å². The summed E-state index contributed by atoms with van der Waals surface area (Å²) < 4.78 is 20.4. The number of fused-ring (bicyclic) bond motifs is 1. The number of esters is 1. The third-order valence-corrected chi connectivity index (χ3v) is 7.81. The van der Waals surface area contributed by atoms with Gasteiger partial charge in [-0.2, -0.15) is 0 Å². The van der Waals surface area contributed by atoms with Gasteiger partial charge in [0.2, 0.25) is 17.6 Å². The number of nitrogens with one attached hydrogen (secondary N) is 2. The van der Waals surface area contributed by atoms with Gasteiger partial charge < -0.3 is 30.0 Å². The van der Waals surface area contributed by atoms with Gasteiger partial charge in [-0.15, -0.1) is 0 Å². The zero-order valence-corrected chi connectivity index (χ0v) is 24.9. The van der Waals surface area contributed by atoms with E-state index in [0.717, 1.165) is 14.7 Å². The van der Waals surface area contributed by atoms with Crippen molar-refractivity contribution in [3.8, 4) is 0 Å². The minimum Gasteiger partial charge on any atom is -0.456 e. The van der Waals surface area contributed by atoms with E-state index in [1.165, 1.54) is 0 Å². The second-order valence-electron chi connectivity index (χ2n) is 9.94. The number of carbonyl (C=O) groups is 3. The van der Waals surface area contributed by atoms with Gasteiger partial charge in [-0.1, -0.05) is 60.7 Å². The van der Waals surface area contributed by atoms with Crippen LogP contribution < -0.4 is 10.6 Å². The van der Waals surface area contributed by atoms with Gasteiger partial charge in [0.15, 0.2) is 0 Å². The van der Waals surface area contributed by atoms with Crippen LogP contribution in [0.1, 0.15) is 34.3 Å². The third kappa shape index (κ3) is 6.73. The van der Waals surface area contributed by atoms with Crippen LogP contribution in [0.5, 0.6) is 0 Å². The smallest absolute Gasteiger partial charge is 0.338 e. The molecule has 9 nitrogen and oxygen atoms in total. The maximum atomic E-state index is 13.2. The number of benzene rings is 3. The first-order valence-corrected chi connectivity index (χ1v) is 14.8. The summed E-state index contributed by atoms with van der Waals surface area (Å²) in [6.45, 7) is 0.0892. The Morgan fingerprint density at radius 2 is 1.52 bits per heavy atom. The molecule has 5 rings (SSSR count). The van der Waals surface area contributed by atoms with Gasteiger partial charge in [0, 0.05) is 46.2 Å². The van der Waals surface area contributed by atoms with Crippen LogP contribution in [0.2, 0.25) is 0 Å². The van der Waals surface area contributed by atoms with Gasteiger partial charge in [0.25, 0.3) is 0 Å². The number of carbonyl (C=O) groups excluding carboxylic acids is 3. The van der Waals surface area contributed by atoms with E-state index < -0.39 is 30.1 Å². The molecule has 2 aliphatic rings. The number of hydrogen-bond donors (Lipinski definition) is 3. The van der Waals surface area contributed by atoms with E-state index in [2.05, 4.69) is 33.2 Å². The normalized spacial score (nSPS) is 20.6. The molecule has 1 fully saturated rings. The largest absolute Gasteiger partial charge is 0.456 e. The summed E-state index contributed by atoms with van der Waals surface area (Å²) in [5.74, 6) is -2.50. The fourth-order valence-corrected chi connectivity index (χ4v) is 5.43. The highest BCUT2D eigenvalue weighted by molar-refractivity contribution is 14.1. The number of rotatable bonds is 10. The first kappa shape index (κ1) is 29.9. The highest BCUT2D eigenvalue weighted by Crippen LogP contribution is 2.47. The van der Waals surface area contributed by atoms with Gasteiger partial charge in [0.1, 0.15) is 18.3 Å². The summed E-state index contributed by atoms with van der Waals surface area (Å²) >= 11 is 2.16. The molecule has 42 heavy (non-hydrogen) atoms. The third-order valence-electron chi connectivity index (χ3n) is 7.09. The Hall–Kier alpha value is -3.58. The number of hydrogen-bond acceptors (Lipinski definition) is 7. The second kappa shape index (κ2) is 13.6. The number of ether oxygens (including phenoxy) is 3. The maximum absolute atomic E-state index is 13.2. The first-order valence-electron chi connectivity index (χ1n) is 13.7. The number of aliphatic hydroxyl groups excluding tert-OH is 1. The average molecular weight is 683 g/mol. The topological polar surface area (TPSA) is 123 Å². The molecule has 218 valence electrons. The Morgan fingerprint density at radius 3 is 2.14 bits per heavy atom. The summed E-state index contributed by atoms with van der Waals surface area (Å²) in [5.41, 5.74) is 2.29. The van der Waals surface area contributed by atoms with Crippen LogP contribution in [-0.2, 0) is 29.6 Å². The highest BCUT2D eigenvalue weighted by Gasteiger charge is 2.54. The van der Waals surface area contributed by atoms with E-state index in [4.69, 9.17) is 19.3 Å². The number of amides is 2. The number of halogens is 1. The molecule has 1 heterocycles. The molecule has 0 unspecified atom stereocenters. The summed E-state index contributed by atoms with van der Waals surface area (Å²) in [6.07, 6.45) is -0.352. The van der Waals surface area contributed by atoms with E-state index in [0.29, 0.717) is 11.1 Å². The van der Waals surface area contributed by atoms with E-state index in [1.54, 1.807) is 18.2 Å². The van der Waals surface area contributed by atoms with Crippen molar-refractivity contribution in [2.45, 2.75) is 36.9 Å². The fourth-order valence-electron chi connectivity index (χ4n) is 5.07. The molecule has 1 aliphatic carbocycles. The highest BCUT2D eigenvalue weighted by atomic mass is 127. The summed E-state index contributed by atoms with van der Waals surface area (Å²) in [6, 6.07) is 26.1. The van der Waals surface area contributed by atoms with E-state index in [9.17, 15) is 14.4 Å². The predicted molar refractivity (Wildman–Crippen MR) is 162 cm³/mol. The van der Waals surface area contributed by atoms with Gasteiger partial charge >= 0.3 is 5.97 Å². The minimum atomic E-state index is -1.29. The van der Waals surface area contributed by atoms with Crippen molar-refractivity contribution in [3.63, 3.8) is 0 Å². The van der Waals surface area contributed by atoms with Crippen LogP contribution in [0.15, 0.2) is 96.6 Å². The van der Waals surface area contributed by atoms with Crippen molar-refractivity contribution in [1.82, 2.24) is 10.6 Å². The lowest BCUT2D eigenvalue weighted by atomic mass is 9.91. The van der Waals surface area contributed by atoms with E-state index in [-0.39, 0.29) is 44.4 Å². The van der Waals surface area contributed by atoms with Crippen LogP contribution in [-0.4, -0.2) is 60.9 Å². The zero-order valence-electron chi connectivity index (χ0n) is 22.7. The van der Waals surface area contributed by atoms with Crippen LogP contribution in [0.3, 0.4) is 0 Å². The first-order chi connectivity index (χ1) is 20.4. The maximum Gasteiger partial charge on any atom is 0.338 e. The van der Waals surface area contributed by atoms with E-state index in [1.807, 2.05) is 72.8 Å². The monoisotopic (exact) mass is 682 g/mol. The molecular weight excluding hydrogens is 651 g/mol. The Morgan fingerprint density at radius 1 is 0.881 bits per heavy atom. The summed E-state index contributed by atoms with van der Waals surface area (Å²) in [5, 5.41) is 14.2. The average Bonchev–Trinajstić information content (AvgIpc) is 3.42. The SMILES string of the molecule is O=C(CCNC(=O)C1=C[C@H]2OC(c3ccccc3)(c3ccccc3)O[C@H]2[C@H](OC(=O)c2ccc(I)cc2)C1)NCCO. The molecule has 1 saturated heterocycles. The van der Waals surface area contributed by atoms with Crippen LogP contribution >= 0.6 is 22.6 Å². The minimum absolute atomic E-state index is 0.0566. The molecule has 3 atom stereocenters. The summed E-state index contributed by atoms with van der Waals surface area (Å²) in [7, 11) is 0. The fraction of sp³-hybridized carbons (Fsp3) is 0.281. The molecule has 3 N–H and O–H groups in total. The molecule has 1 aliphatic heterocycles. The molecule has 3 aromatic rings. The Labute approximate surface area is 257 Å². The van der Waals surface area contributed by atoms with Crippen molar-refractivity contribution < 1.29 is 33.7 Å². The predicted octanol–water partition coefficient (Wildman–Crippen LogP) is 3.45. The molecule has 3 aromatic carbocycles. The lowest BCUT2D eigenvalue weighted by Gasteiger charge is -2.31. The molecular formula is C32H31IN2O7. The molecule has 0 saturated carbocycles. The molecule has 0 aromatic heterocycles. The van der Waals surface area contributed by atoms with Crippen LogP contribution in [0.25, 0.3) is 0 Å². The standard InChI is InChI=1S/C32H31IN2O7/c33-25-13-11-21(12-14-25)31(39)40-26-19-22(30(38)35-16-15-28(37)34-17-18-36)20-27-29(26)42-32(41-27,23-7-3-1-4-8-23)24-9-5-2-6-10-24/h1-14,20,26-27,29,36H,15-19H2,(H,34,37)(H,35,38)/t26-,27-,29+/m1/s1. The molecule has 10 heteroatoms. The molecule has 0 radical (unpaired) electrons. The summed E-state index contributed by atoms with van der Waals surface area (Å²) in [4.78, 5) is 38.4. The lowest BCUT2D eigenvalue weighted by Crippen LogP contribution is -2.44. The van der Waals surface area contributed by atoms with Crippen molar-refractivity contribution in [2.24, 2.45) is 0 Å². The molecule has 0 spiro atoms. The van der Waals surface area contributed by atoms with Gasteiger partial charge in [-0.05, 0) is 52.9 Å². The van der Waals surface area contributed by atoms with Crippen molar-refractivity contribution >= 4 is 40.4 Å². The van der Waals surface area contributed by atoms with Gasteiger partial charge in [-0.25, -0.2) is 4.79 Å². The Balaban J connectivity index is 1.43. The van der Waals surface area contributed by atoms with Crippen molar-refractivity contribution in [3.05, 3.63) is 117 Å². The Kier molecular flexibility index (Phi) is 9.68. The second-order valence-corrected chi connectivity index (χ2v) is 11.2. The van der Waals surface area contributed by atoms with Gasteiger partial charge in [0.05, 0.1) is 12.2 Å².